The zero-order chi connectivity index (χ0) is 9.84. The number of β-amino-alcohol motifs (C(OH)–C–C–N with tert-alkyl or cyclic N) is 1. The van der Waals surface area contributed by atoms with Crippen LogP contribution in [0.3, 0.4) is 0 Å². The van der Waals surface area contributed by atoms with Gasteiger partial charge in [0.15, 0.2) is 0 Å². The van der Waals surface area contributed by atoms with Crippen LogP contribution in [-0.4, -0.2) is 60.0 Å². The van der Waals surface area contributed by atoms with E-state index in [1.54, 1.807) is 7.11 Å². The Morgan fingerprint density at radius 2 is 2.31 bits per heavy atom. The summed E-state index contributed by atoms with van der Waals surface area (Å²) in [5.41, 5.74) is 0. The van der Waals surface area contributed by atoms with Crippen molar-refractivity contribution in [3.63, 3.8) is 0 Å². The molecule has 0 saturated carbocycles. The smallest absolute Gasteiger partial charge is 0.305 e. The molecule has 1 unspecified atom stereocenters. The molecule has 2 N–H and O–H groups in total. The molecule has 0 aromatic carbocycles. The third-order valence-electron chi connectivity index (χ3n) is 2.18. The van der Waals surface area contributed by atoms with Crippen LogP contribution in [0.25, 0.3) is 0 Å². The molecule has 0 spiro atoms. The fourth-order valence-electron chi connectivity index (χ4n) is 1.47. The first-order chi connectivity index (χ1) is 6.13. The summed E-state index contributed by atoms with van der Waals surface area (Å²) < 4.78 is 4.91. The number of methoxy groups -OCH3 is 1. The molecule has 0 bridgehead atoms. The van der Waals surface area contributed by atoms with Crippen LogP contribution in [-0.2, 0) is 9.53 Å². The van der Waals surface area contributed by atoms with Crippen LogP contribution in [0.1, 0.15) is 6.42 Å². The largest absolute Gasteiger partial charge is 0.481 e. The van der Waals surface area contributed by atoms with Crippen molar-refractivity contribution in [3.05, 3.63) is 0 Å². The average Bonchev–Trinajstić information content (AvgIpc) is 1.97. The Morgan fingerprint density at radius 3 is 2.69 bits per heavy atom. The van der Waals surface area contributed by atoms with E-state index in [2.05, 4.69) is 0 Å². The Balaban J connectivity index is 2.33. The minimum Gasteiger partial charge on any atom is -0.481 e. The Labute approximate surface area is 76.9 Å². The van der Waals surface area contributed by atoms with E-state index >= 15 is 0 Å². The number of aliphatic hydroxyl groups excluding tert-OH is 1. The highest BCUT2D eigenvalue weighted by Crippen LogP contribution is 2.14. The Hall–Kier alpha value is -0.650. The zero-order valence-electron chi connectivity index (χ0n) is 7.64. The predicted molar refractivity (Wildman–Crippen MR) is 45.5 cm³/mol. The number of carbonyl (C=O) groups is 1. The molecule has 1 aliphatic heterocycles. The van der Waals surface area contributed by atoms with Gasteiger partial charge in [0, 0.05) is 26.2 Å². The number of ether oxygens (including phenoxy) is 1. The number of rotatable bonds is 5. The van der Waals surface area contributed by atoms with Crippen LogP contribution in [0, 0.1) is 0 Å². The molecule has 0 aromatic rings. The second-order valence-corrected chi connectivity index (χ2v) is 3.31. The second-order valence-electron chi connectivity index (χ2n) is 3.31. The average molecular weight is 189 g/mol. The fourth-order valence-corrected chi connectivity index (χ4v) is 1.47. The van der Waals surface area contributed by atoms with Crippen molar-refractivity contribution < 1.29 is 19.7 Å². The van der Waals surface area contributed by atoms with Gasteiger partial charge >= 0.3 is 5.97 Å². The Morgan fingerprint density at radius 1 is 1.69 bits per heavy atom. The van der Waals surface area contributed by atoms with E-state index in [4.69, 9.17) is 14.9 Å². The lowest BCUT2D eigenvalue weighted by Crippen LogP contribution is -2.57. The SMILES string of the molecule is COCC(CC(=O)O)N1CC(O)C1. The minimum absolute atomic E-state index is 0.0700. The molecular weight excluding hydrogens is 174 g/mol. The maximum absolute atomic E-state index is 10.5. The number of likely N-dealkylation sites (tertiary alicyclic amines) is 1. The molecule has 0 aromatic heterocycles. The molecule has 76 valence electrons. The Kier molecular flexibility index (Phi) is 3.65. The fraction of sp³-hybridized carbons (Fsp3) is 0.875. The third-order valence-corrected chi connectivity index (χ3v) is 2.18. The lowest BCUT2D eigenvalue weighted by Gasteiger charge is -2.41. The van der Waals surface area contributed by atoms with Crippen LogP contribution < -0.4 is 0 Å². The van der Waals surface area contributed by atoms with Gasteiger partial charge < -0.3 is 14.9 Å². The number of carboxylic acid groups (broad SMARTS) is 1. The summed E-state index contributed by atoms with van der Waals surface area (Å²) in [4.78, 5) is 12.4. The van der Waals surface area contributed by atoms with Crippen molar-refractivity contribution in [2.24, 2.45) is 0 Å². The molecule has 1 saturated heterocycles. The summed E-state index contributed by atoms with van der Waals surface area (Å²) in [6.07, 6.45) is -0.228. The monoisotopic (exact) mass is 189 g/mol. The van der Waals surface area contributed by atoms with Crippen LogP contribution in [0.15, 0.2) is 0 Å². The molecule has 0 radical (unpaired) electrons. The van der Waals surface area contributed by atoms with Gasteiger partial charge in [0.1, 0.15) is 0 Å². The normalized spacial score (nSPS) is 21.1. The number of nitrogens with zero attached hydrogens (tertiary/aromatic N) is 1. The molecule has 0 aliphatic carbocycles. The van der Waals surface area contributed by atoms with Crippen molar-refractivity contribution in [3.8, 4) is 0 Å². The maximum atomic E-state index is 10.5. The molecule has 5 nitrogen and oxygen atoms in total. The van der Waals surface area contributed by atoms with E-state index in [1.165, 1.54) is 0 Å². The van der Waals surface area contributed by atoms with E-state index in [1.807, 2.05) is 4.90 Å². The summed E-state index contributed by atoms with van der Waals surface area (Å²) in [6, 6.07) is -0.106. The number of hydrogen-bond donors (Lipinski definition) is 2. The second kappa shape index (κ2) is 4.55. The van der Waals surface area contributed by atoms with Gasteiger partial charge in [-0.3, -0.25) is 9.69 Å². The van der Waals surface area contributed by atoms with Crippen molar-refractivity contribution in [1.82, 2.24) is 4.90 Å². The van der Waals surface area contributed by atoms with Crippen molar-refractivity contribution in [2.45, 2.75) is 18.6 Å². The highest BCUT2D eigenvalue weighted by Gasteiger charge is 2.31. The molecule has 1 aliphatic rings. The molecular formula is C8H15NO4. The highest BCUT2D eigenvalue weighted by atomic mass is 16.5. The third kappa shape index (κ3) is 2.95. The number of carboxylic acids is 1. The van der Waals surface area contributed by atoms with Gasteiger partial charge in [-0.2, -0.15) is 0 Å². The maximum Gasteiger partial charge on any atom is 0.305 e. The van der Waals surface area contributed by atoms with Gasteiger partial charge in [-0.05, 0) is 0 Å². The molecule has 13 heavy (non-hydrogen) atoms. The summed E-state index contributed by atoms with van der Waals surface area (Å²) >= 11 is 0. The van der Waals surface area contributed by atoms with Gasteiger partial charge in [-0.25, -0.2) is 0 Å². The first-order valence-electron chi connectivity index (χ1n) is 4.26. The first kappa shape index (κ1) is 10.4. The quantitative estimate of drug-likeness (QED) is 0.589. The summed E-state index contributed by atoms with van der Waals surface area (Å²) in [5.74, 6) is -0.830. The van der Waals surface area contributed by atoms with Crippen LogP contribution in [0.5, 0.6) is 0 Å². The molecule has 1 rings (SSSR count). The zero-order valence-corrected chi connectivity index (χ0v) is 7.64. The molecule has 1 fully saturated rings. The topological polar surface area (TPSA) is 70.0 Å². The van der Waals surface area contributed by atoms with Crippen LogP contribution in [0.4, 0.5) is 0 Å². The van der Waals surface area contributed by atoms with E-state index in [0.717, 1.165) is 0 Å². The predicted octanol–water partition coefficient (Wildman–Crippen LogP) is -0.847. The van der Waals surface area contributed by atoms with Gasteiger partial charge in [-0.1, -0.05) is 0 Å². The first-order valence-corrected chi connectivity index (χ1v) is 4.26. The molecule has 5 heteroatoms. The van der Waals surface area contributed by atoms with Gasteiger partial charge in [0.05, 0.1) is 19.1 Å². The van der Waals surface area contributed by atoms with E-state index in [-0.39, 0.29) is 18.6 Å². The van der Waals surface area contributed by atoms with Gasteiger partial charge in [0.25, 0.3) is 0 Å². The van der Waals surface area contributed by atoms with Crippen molar-refractivity contribution >= 4 is 5.97 Å². The van der Waals surface area contributed by atoms with Gasteiger partial charge in [-0.15, -0.1) is 0 Å². The number of aliphatic carboxylic acids is 1. The van der Waals surface area contributed by atoms with E-state index in [0.29, 0.717) is 19.7 Å². The molecule has 1 atom stereocenters. The summed E-state index contributed by atoms with van der Waals surface area (Å²) in [5, 5.41) is 17.6. The standard InChI is InChI=1S/C8H15NO4/c1-13-5-6(2-8(11)12)9-3-7(10)4-9/h6-7,10H,2-5H2,1H3,(H,11,12). The van der Waals surface area contributed by atoms with E-state index in [9.17, 15) is 4.79 Å². The molecule has 0 amide bonds. The van der Waals surface area contributed by atoms with Crippen molar-refractivity contribution in [2.75, 3.05) is 26.8 Å². The summed E-state index contributed by atoms with van der Waals surface area (Å²) in [7, 11) is 1.55. The number of aliphatic hydroxyl groups is 1. The van der Waals surface area contributed by atoms with Crippen LogP contribution >= 0.6 is 0 Å². The lowest BCUT2D eigenvalue weighted by atomic mass is 10.1. The van der Waals surface area contributed by atoms with Crippen molar-refractivity contribution in [1.29, 1.82) is 0 Å². The van der Waals surface area contributed by atoms with Gasteiger partial charge in [0.2, 0.25) is 0 Å². The Bertz CT molecular complexity index is 179. The lowest BCUT2D eigenvalue weighted by molar-refractivity contribution is -0.140. The van der Waals surface area contributed by atoms with E-state index < -0.39 is 5.97 Å². The minimum atomic E-state index is -0.830. The number of hydrogen-bond acceptors (Lipinski definition) is 4. The van der Waals surface area contributed by atoms with Crippen LogP contribution in [0.2, 0.25) is 0 Å². The highest BCUT2D eigenvalue weighted by molar-refractivity contribution is 5.67. The summed E-state index contributed by atoms with van der Waals surface area (Å²) in [6.45, 7) is 1.52. The molecule has 1 heterocycles.